The number of rotatable bonds is 7. The third-order valence-electron chi connectivity index (χ3n) is 3.84. The number of nitrogens with one attached hydrogen (secondary N) is 1. The first-order chi connectivity index (χ1) is 8.06. The first kappa shape index (κ1) is 14.2. The standard InChI is InChI=1S/C13H25N3O/c1-5-13(6-2,10-17)9-14-11(3)12-7-15-16(4)8-12/h7-8,11,14,17H,5-6,9-10H2,1-4H3. The molecule has 0 spiro atoms. The van der Waals surface area contributed by atoms with Crippen LogP contribution in [-0.4, -0.2) is 28.0 Å². The highest BCUT2D eigenvalue weighted by Gasteiger charge is 2.25. The number of nitrogens with zero attached hydrogens (tertiary/aromatic N) is 2. The van der Waals surface area contributed by atoms with Crippen LogP contribution in [0, 0.1) is 5.41 Å². The summed E-state index contributed by atoms with van der Waals surface area (Å²) in [4.78, 5) is 0. The van der Waals surface area contributed by atoms with E-state index in [1.54, 1.807) is 0 Å². The molecule has 1 unspecified atom stereocenters. The molecule has 4 heteroatoms. The van der Waals surface area contributed by atoms with Gasteiger partial charge < -0.3 is 10.4 Å². The Morgan fingerprint density at radius 3 is 2.53 bits per heavy atom. The fraction of sp³-hybridized carbons (Fsp3) is 0.769. The molecule has 1 aromatic rings. The minimum atomic E-state index is 0.0104. The molecule has 0 amide bonds. The van der Waals surface area contributed by atoms with Gasteiger partial charge in [-0.15, -0.1) is 0 Å². The van der Waals surface area contributed by atoms with Gasteiger partial charge in [-0.25, -0.2) is 0 Å². The van der Waals surface area contributed by atoms with Crippen LogP contribution in [-0.2, 0) is 7.05 Å². The molecule has 0 aromatic carbocycles. The van der Waals surface area contributed by atoms with Gasteiger partial charge in [-0.1, -0.05) is 13.8 Å². The molecule has 0 aliphatic carbocycles. The summed E-state index contributed by atoms with van der Waals surface area (Å²) in [6.07, 6.45) is 5.89. The highest BCUT2D eigenvalue weighted by Crippen LogP contribution is 2.25. The Bertz CT molecular complexity index is 323. The largest absolute Gasteiger partial charge is 0.396 e. The maximum Gasteiger partial charge on any atom is 0.0537 e. The lowest BCUT2D eigenvalue weighted by Crippen LogP contribution is -2.37. The van der Waals surface area contributed by atoms with E-state index in [0.717, 1.165) is 19.4 Å². The zero-order valence-electron chi connectivity index (χ0n) is 11.4. The van der Waals surface area contributed by atoms with Gasteiger partial charge >= 0.3 is 0 Å². The van der Waals surface area contributed by atoms with E-state index in [1.165, 1.54) is 5.56 Å². The van der Waals surface area contributed by atoms with Crippen molar-refractivity contribution >= 4 is 0 Å². The summed E-state index contributed by atoms with van der Waals surface area (Å²) in [5, 5.41) is 17.2. The van der Waals surface area contributed by atoms with E-state index in [0.29, 0.717) is 0 Å². The Morgan fingerprint density at radius 1 is 1.47 bits per heavy atom. The monoisotopic (exact) mass is 239 g/mol. The van der Waals surface area contributed by atoms with Gasteiger partial charge in [-0.05, 0) is 19.8 Å². The van der Waals surface area contributed by atoms with E-state index in [2.05, 4.69) is 31.2 Å². The fourth-order valence-corrected chi connectivity index (χ4v) is 1.93. The smallest absolute Gasteiger partial charge is 0.0537 e. The van der Waals surface area contributed by atoms with E-state index >= 15 is 0 Å². The molecule has 1 atom stereocenters. The highest BCUT2D eigenvalue weighted by atomic mass is 16.3. The molecule has 0 aliphatic rings. The third-order valence-corrected chi connectivity index (χ3v) is 3.84. The molecule has 0 saturated heterocycles. The van der Waals surface area contributed by atoms with Gasteiger partial charge in [0.05, 0.1) is 6.20 Å². The second-order valence-corrected chi connectivity index (χ2v) is 4.92. The predicted octanol–water partition coefficient (Wildman–Crippen LogP) is 1.87. The summed E-state index contributed by atoms with van der Waals surface area (Å²) in [6.45, 7) is 7.48. The average Bonchev–Trinajstić information content (AvgIpc) is 2.78. The zero-order chi connectivity index (χ0) is 12.9. The normalized spacial score (nSPS) is 13.9. The van der Waals surface area contributed by atoms with Crippen molar-refractivity contribution in [1.82, 2.24) is 15.1 Å². The van der Waals surface area contributed by atoms with E-state index in [4.69, 9.17) is 0 Å². The van der Waals surface area contributed by atoms with Gasteiger partial charge in [0.2, 0.25) is 0 Å². The Labute approximate surface area is 104 Å². The molecule has 0 radical (unpaired) electrons. The minimum absolute atomic E-state index is 0.0104. The van der Waals surface area contributed by atoms with Gasteiger partial charge in [-0.2, -0.15) is 5.10 Å². The summed E-state index contributed by atoms with van der Waals surface area (Å²) in [5.41, 5.74) is 1.20. The SMILES string of the molecule is CCC(CC)(CO)CNC(C)c1cnn(C)c1. The second kappa shape index (κ2) is 6.17. The Hall–Kier alpha value is -0.870. The van der Waals surface area contributed by atoms with Crippen molar-refractivity contribution in [1.29, 1.82) is 0 Å². The number of hydrogen-bond donors (Lipinski definition) is 2. The third kappa shape index (κ3) is 3.54. The van der Waals surface area contributed by atoms with Crippen LogP contribution >= 0.6 is 0 Å². The second-order valence-electron chi connectivity index (χ2n) is 4.92. The van der Waals surface area contributed by atoms with Crippen LogP contribution in [0.3, 0.4) is 0 Å². The topological polar surface area (TPSA) is 50.1 Å². The van der Waals surface area contributed by atoms with Gasteiger partial charge in [0.1, 0.15) is 0 Å². The van der Waals surface area contributed by atoms with Crippen LogP contribution in [0.25, 0.3) is 0 Å². The summed E-state index contributed by atoms with van der Waals surface area (Å²) in [7, 11) is 1.92. The van der Waals surface area contributed by atoms with Crippen LogP contribution in [0.4, 0.5) is 0 Å². The van der Waals surface area contributed by atoms with Crippen molar-refractivity contribution in [2.45, 2.75) is 39.7 Å². The Balaban J connectivity index is 2.55. The van der Waals surface area contributed by atoms with Crippen molar-refractivity contribution in [3.05, 3.63) is 18.0 Å². The van der Waals surface area contributed by atoms with Crippen molar-refractivity contribution in [2.24, 2.45) is 12.5 Å². The molecule has 0 saturated carbocycles. The maximum absolute atomic E-state index is 9.51. The van der Waals surface area contributed by atoms with Gasteiger partial charge in [0.25, 0.3) is 0 Å². The van der Waals surface area contributed by atoms with Crippen LogP contribution in [0.2, 0.25) is 0 Å². The van der Waals surface area contributed by atoms with Crippen LogP contribution in [0.1, 0.15) is 45.2 Å². The molecule has 1 heterocycles. The fourth-order valence-electron chi connectivity index (χ4n) is 1.93. The van der Waals surface area contributed by atoms with Crippen molar-refractivity contribution in [3.8, 4) is 0 Å². The van der Waals surface area contributed by atoms with Crippen molar-refractivity contribution in [2.75, 3.05) is 13.2 Å². The van der Waals surface area contributed by atoms with Gasteiger partial charge in [0.15, 0.2) is 0 Å². The molecule has 2 N–H and O–H groups in total. The Kier molecular flexibility index (Phi) is 5.15. The van der Waals surface area contributed by atoms with Crippen molar-refractivity contribution in [3.63, 3.8) is 0 Å². The molecule has 17 heavy (non-hydrogen) atoms. The highest BCUT2D eigenvalue weighted by molar-refractivity contribution is 5.09. The lowest BCUT2D eigenvalue weighted by molar-refractivity contribution is 0.110. The number of aromatic nitrogens is 2. The lowest BCUT2D eigenvalue weighted by atomic mass is 9.83. The summed E-state index contributed by atoms with van der Waals surface area (Å²) >= 11 is 0. The Morgan fingerprint density at radius 2 is 2.12 bits per heavy atom. The molecule has 0 bridgehead atoms. The van der Waals surface area contributed by atoms with Crippen LogP contribution < -0.4 is 5.32 Å². The van der Waals surface area contributed by atoms with Crippen molar-refractivity contribution < 1.29 is 5.11 Å². The number of aliphatic hydroxyl groups excluding tert-OH is 1. The molecular weight excluding hydrogens is 214 g/mol. The minimum Gasteiger partial charge on any atom is -0.396 e. The number of aliphatic hydroxyl groups is 1. The number of hydrogen-bond acceptors (Lipinski definition) is 3. The van der Waals surface area contributed by atoms with Gasteiger partial charge in [0, 0.05) is 43.4 Å². The number of aryl methyl sites for hydroxylation is 1. The summed E-state index contributed by atoms with van der Waals surface area (Å²) in [6, 6.07) is 0.271. The van der Waals surface area contributed by atoms with E-state index in [-0.39, 0.29) is 18.1 Å². The first-order valence-electron chi connectivity index (χ1n) is 6.39. The molecule has 98 valence electrons. The summed E-state index contributed by atoms with van der Waals surface area (Å²) in [5.74, 6) is 0. The first-order valence-corrected chi connectivity index (χ1v) is 6.39. The molecule has 1 aromatic heterocycles. The molecule has 0 fully saturated rings. The predicted molar refractivity (Wildman–Crippen MR) is 69.7 cm³/mol. The van der Waals surface area contributed by atoms with E-state index < -0.39 is 0 Å². The molecule has 1 rings (SSSR count). The van der Waals surface area contributed by atoms with Crippen LogP contribution in [0.5, 0.6) is 0 Å². The average molecular weight is 239 g/mol. The van der Waals surface area contributed by atoms with E-state index in [9.17, 15) is 5.11 Å². The van der Waals surface area contributed by atoms with Gasteiger partial charge in [-0.3, -0.25) is 4.68 Å². The zero-order valence-corrected chi connectivity index (χ0v) is 11.4. The summed E-state index contributed by atoms with van der Waals surface area (Å²) < 4.78 is 1.81. The molecule has 4 nitrogen and oxygen atoms in total. The quantitative estimate of drug-likeness (QED) is 0.763. The lowest BCUT2D eigenvalue weighted by Gasteiger charge is -2.31. The van der Waals surface area contributed by atoms with Crippen LogP contribution in [0.15, 0.2) is 12.4 Å². The van der Waals surface area contributed by atoms with E-state index in [1.807, 2.05) is 24.1 Å². The molecule has 0 aliphatic heterocycles. The maximum atomic E-state index is 9.51. The molecular formula is C13H25N3O.